The Balaban J connectivity index is 1.99. The van der Waals surface area contributed by atoms with Gasteiger partial charge in [0, 0.05) is 29.7 Å². The number of aliphatic carboxylic acids is 1. The number of carbonyl (C=O) groups is 2. The van der Waals surface area contributed by atoms with Crippen LogP contribution >= 0.6 is 0 Å². The first-order valence-corrected chi connectivity index (χ1v) is 5.72. The average Bonchev–Trinajstić information content (AvgIpc) is 2.78. The number of ether oxygens (including phenoxy) is 1. The Morgan fingerprint density at radius 1 is 1.37 bits per heavy atom. The minimum atomic E-state index is -1.08. The van der Waals surface area contributed by atoms with Crippen LogP contribution < -0.4 is 0 Å². The molecular weight excluding hydrogens is 248 g/mol. The number of hydrogen-bond donors (Lipinski definition) is 2. The van der Waals surface area contributed by atoms with Crippen LogP contribution in [0.1, 0.15) is 5.56 Å². The molecule has 0 saturated heterocycles. The zero-order valence-corrected chi connectivity index (χ0v) is 10.4. The number of nitrogens with zero attached hydrogens (tertiary/aromatic N) is 1. The standard InChI is InChI=1S/C13H14N2O4/c1-15(7-12(16)17)13(18)19-8-9-6-14-11-5-3-2-4-10(9)11/h2-6,14H,7-8H2,1H3,(H,16,17). The summed E-state index contributed by atoms with van der Waals surface area (Å²) in [6, 6.07) is 7.67. The molecule has 0 aliphatic rings. The maximum absolute atomic E-state index is 11.5. The summed E-state index contributed by atoms with van der Waals surface area (Å²) in [6.07, 6.45) is 1.11. The van der Waals surface area contributed by atoms with Crippen LogP contribution in [0.25, 0.3) is 10.9 Å². The number of likely N-dealkylation sites (N-methyl/N-ethyl adjacent to an activating group) is 1. The SMILES string of the molecule is CN(CC(=O)O)C(=O)OCc1c[nH]c2ccccc12. The molecule has 1 amide bonds. The van der Waals surface area contributed by atoms with E-state index in [0.717, 1.165) is 21.4 Å². The number of para-hydroxylation sites is 1. The van der Waals surface area contributed by atoms with E-state index < -0.39 is 12.1 Å². The molecule has 19 heavy (non-hydrogen) atoms. The Morgan fingerprint density at radius 3 is 2.84 bits per heavy atom. The highest BCUT2D eigenvalue weighted by Gasteiger charge is 2.14. The molecule has 0 aliphatic carbocycles. The van der Waals surface area contributed by atoms with Gasteiger partial charge in [-0.15, -0.1) is 0 Å². The zero-order valence-electron chi connectivity index (χ0n) is 10.4. The third-order valence-electron chi connectivity index (χ3n) is 2.71. The normalized spacial score (nSPS) is 10.4. The van der Waals surface area contributed by atoms with Crippen molar-refractivity contribution in [3.63, 3.8) is 0 Å². The molecular formula is C13H14N2O4. The van der Waals surface area contributed by atoms with Gasteiger partial charge in [-0.05, 0) is 6.07 Å². The molecule has 0 radical (unpaired) electrons. The fourth-order valence-electron chi connectivity index (χ4n) is 1.77. The second-order valence-electron chi connectivity index (χ2n) is 4.16. The molecule has 2 rings (SSSR count). The third-order valence-corrected chi connectivity index (χ3v) is 2.71. The van der Waals surface area contributed by atoms with Crippen molar-refractivity contribution in [1.29, 1.82) is 0 Å². The Labute approximate surface area is 109 Å². The van der Waals surface area contributed by atoms with Crippen molar-refractivity contribution >= 4 is 23.0 Å². The summed E-state index contributed by atoms with van der Waals surface area (Å²) >= 11 is 0. The largest absolute Gasteiger partial charge is 0.480 e. The van der Waals surface area contributed by atoms with Gasteiger partial charge in [-0.1, -0.05) is 18.2 Å². The molecule has 100 valence electrons. The first kappa shape index (κ1) is 12.9. The summed E-state index contributed by atoms with van der Waals surface area (Å²) in [7, 11) is 1.38. The lowest BCUT2D eigenvalue weighted by Crippen LogP contribution is -2.32. The van der Waals surface area contributed by atoms with Crippen LogP contribution in [0.5, 0.6) is 0 Å². The fraction of sp³-hybridized carbons (Fsp3) is 0.231. The lowest BCUT2D eigenvalue weighted by Gasteiger charge is -2.14. The molecule has 2 aromatic rings. The molecule has 0 bridgehead atoms. The van der Waals surface area contributed by atoms with Crippen LogP contribution in [0.4, 0.5) is 4.79 Å². The molecule has 1 aromatic heterocycles. The molecule has 0 aliphatic heterocycles. The van der Waals surface area contributed by atoms with E-state index in [-0.39, 0.29) is 13.2 Å². The summed E-state index contributed by atoms with van der Waals surface area (Å²) in [5, 5.41) is 9.55. The van der Waals surface area contributed by atoms with Crippen molar-refractivity contribution in [3.8, 4) is 0 Å². The van der Waals surface area contributed by atoms with Crippen LogP contribution in [0, 0.1) is 0 Å². The van der Waals surface area contributed by atoms with Crippen LogP contribution in [-0.4, -0.2) is 40.6 Å². The molecule has 1 heterocycles. The average molecular weight is 262 g/mol. The zero-order chi connectivity index (χ0) is 13.8. The minimum absolute atomic E-state index is 0.104. The number of hydrogen-bond acceptors (Lipinski definition) is 3. The van der Waals surface area contributed by atoms with Crippen LogP contribution in [-0.2, 0) is 16.1 Å². The number of rotatable bonds is 4. The molecule has 0 saturated carbocycles. The second-order valence-corrected chi connectivity index (χ2v) is 4.16. The number of carbonyl (C=O) groups excluding carboxylic acids is 1. The molecule has 1 aromatic carbocycles. The lowest BCUT2D eigenvalue weighted by molar-refractivity contribution is -0.137. The summed E-state index contributed by atoms with van der Waals surface area (Å²) in [4.78, 5) is 26.1. The van der Waals surface area contributed by atoms with Gasteiger partial charge in [0.15, 0.2) is 0 Å². The number of aromatic amines is 1. The minimum Gasteiger partial charge on any atom is -0.480 e. The van der Waals surface area contributed by atoms with Gasteiger partial charge >= 0.3 is 12.1 Å². The van der Waals surface area contributed by atoms with Gasteiger partial charge in [-0.2, -0.15) is 0 Å². The number of aromatic nitrogens is 1. The highest BCUT2D eigenvalue weighted by Crippen LogP contribution is 2.18. The topological polar surface area (TPSA) is 82.6 Å². The maximum Gasteiger partial charge on any atom is 0.410 e. The number of fused-ring (bicyclic) bond motifs is 1. The van der Waals surface area contributed by atoms with E-state index >= 15 is 0 Å². The van der Waals surface area contributed by atoms with E-state index in [4.69, 9.17) is 9.84 Å². The maximum atomic E-state index is 11.5. The van der Waals surface area contributed by atoms with Crippen molar-refractivity contribution < 1.29 is 19.4 Å². The van der Waals surface area contributed by atoms with Crippen molar-refractivity contribution in [1.82, 2.24) is 9.88 Å². The molecule has 0 fully saturated rings. The predicted molar refractivity (Wildman–Crippen MR) is 68.7 cm³/mol. The first-order valence-electron chi connectivity index (χ1n) is 5.72. The van der Waals surface area contributed by atoms with E-state index in [1.807, 2.05) is 24.3 Å². The molecule has 2 N–H and O–H groups in total. The molecule has 6 nitrogen and oxygen atoms in total. The van der Waals surface area contributed by atoms with Gasteiger partial charge in [0.25, 0.3) is 0 Å². The number of benzene rings is 1. The molecule has 0 unspecified atom stereocenters. The van der Waals surface area contributed by atoms with Gasteiger partial charge < -0.3 is 19.7 Å². The number of carboxylic acid groups (broad SMARTS) is 1. The Kier molecular flexibility index (Phi) is 3.70. The molecule has 6 heteroatoms. The molecule has 0 atom stereocenters. The monoisotopic (exact) mass is 262 g/mol. The summed E-state index contributed by atoms with van der Waals surface area (Å²) < 4.78 is 5.06. The van der Waals surface area contributed by atoms with Crippen molar-refractivity contribution in [3.05, 3.63) is 36.0 Å². The van der Waals surface area contributed by atoms with Gasteiger partial charge in [0.2, 0.25) is 0 Å². The fourth-order valence-corrected chi connectivity index (χ4v) is 1.77. The smallest absolute Gasteiger partial charge is 0.410 e. The van der Waals surface area contributed by atoms with Crippen molar-refractivity contribution in [2.24, 2.45) is 0 Å². The van der Waals surface area contributed by atoms with Gasteiger partial charge in [-0.3, -0.25) is 4.79 Å². The summed E-state index contributed by atoms with van der Waals surface area (Å²) in [5.41, 5.74) is 1.82. The first-order chi connectivity index (χ1) is 9.08. The van der Waals surface area contributed by atoms with Gasteiger partial charge in [0.1, 0.15) is 13.2 Å². The van der Waals surface area contributed by atoms with E-state index in [9.17, 15) is 9.59 Å². The second kappa shape index (κ2) is 5.43. The molecule has 0 spiro atoms. The lowest BCUT2D eigenvalue weighted by atomic mass is 10.2. The number of amides is 1. The van der Waals surface area contributed by atoms with E-state index in [0.29, 0.717) is 0 Å². The highest BCUT2D eigenvalue weighted by molar-refractivity contribution is 5.83. The van der Waals surface area contributed by atoms with Crippen molar-refractivity contribution in [2.45, 2.75) is 6.61 Å². The van der Waals surface area contributed by atoms with Gasteiger partial charge in [0.05, 0.1) is 0 Å². The predicted octanol–water partition coefficient (Wildman–Crippen LogP) is 1.82. The quantitative estimate of drug-likeness (QED) is 0.880. The third kappa shape index (κ3) is 3.04. The number of H-pyrrole nitrogens is 1. The highest BCUT2D eigenvalue weighted by atomic mass is 16.6. The summed E-state index contributed by atoms with van der Waals surface area (Å²) in [5.74, 6) is -1.08. The van der Waals surface area contributed by atoms with Crippen LogP contribution in [0.2, 0.25) is 0 Å². The summed E-state index contributed by atoms with van der Waals surface area (Å²) in [6.45, 7) is -0.278. The van der Waals surface area contributed by atoms with Gasteiger partial charge in [-0.25, -0.2) is 4.79 Å². The van der Waals surface area contributed by atoms with E-state index in [1.165, 1.54) is 7.05 Å². The number of nitrogens with one attached hydrogen (secondary N) is 1. The Morgan fingerprint density at radius 2 is 2.11 bits per heavy atom. The van der Waals surface area contributed by atoms with Crippen LogP contribution in [0.3, 0.4) is 0 Å². The Hall–Kier alpha value is -2.50. The number of carboxylic acids is 1. The Bertz CT molecular complexity index is 605. The van der Waals surface area contributed by atoms with E-state index in [2.05, 4.69) is 4.98 Å². The van der Waals surface area contributed by atoms with Crippen molar-refractivity contribution in [2.75, 3.05) is 13.6 Å². The van der Waals surface area contributed by atoms with E-state index in [1.54, 1.807) is 6.20 Å². The van der Waals surface area contributed by atoms with Crippen LogP contribution in [0.15, 0.2) is 30.5 Å².